The molecule has 0 spiro atoms. The number of ketones is 1. The van der Waals surface area contributed by atoms with Crippen LogP contribution in [0.15, 0.2) is 91.3 Å². The molecule has 4 rings (SSSR count). The first-order chi connectivity index (χ1) is 17.0. The van der Waals surface area contributed by atoms with E-state index in [4.69, 9.17) is 9.47 Å². The van der Waals surface area contributed by atoms with Crippen LogP contribution in [0.5, 0.6) is 11.5 Å². The molecule has 0 saturated carbocycles. The van der Waals surface area contributed by atoms with Gasteiger partial charge in [0.25, 0.3) is 11.7 Å². The lowest BCUT2D eigenvalue weighted by Gasteiger charge is -2.25. The summed E-state index contributed by atoms with van der Waals surface area (Å²) >= 11 is 0. The molecule has 1 saturated heterocycles. The molecule has 0 radical (unpaired) electrons. The fraction of sp³-hybridized carbons (Fsp3) is 0.179. The van der Waals surface area contributed by atoms with E-state index < -0.39 is 17.7 Å². The Morgan fingerprint density at radius 3 is 2.57 bits per heavy atom. The number of benzene rings is 2. The maximum Gasteiger partial charge on any atom is 0.295 e. The molecule has 1 aromatic heterocycles. The minimum absolute atomic E-state index is 0.0206. The average Bonchev–Trinajstić information content (AvgIpc) is 3.13. The van der Waals surface area contributed by atoms with Crippen LogP contribution in [0.1, 0.15) is 29.7 Å². The lowest BCUT2D eigenvalue weighted by molar-refractivity contribution is -0.140. The summed E-state index contributed by atoms with van der Waals surface area (Å²) in [4.78, 5) is 32.0. The molecular formula is C28H26N2O5. The van der Waals surface area contributed by atoms with Crippen molar-refractivity contribution in [3.8, 4) is 11.5 Å². The molecule has 1 aliphatic rings. The second kappa shape index (κ2) is 10.7. The third kappa shape index (κ3) is 5.09. The first-order valence-corrected chi connectivity index (χ1v) is 11.3. The van der Waals surface area contributed by atoms with Gasteiger partial charge in [-0.05, 0) is 48.4 Å². The van der Waals surface area contributed by atoms with Crippen molar-refractivity contribution in [2.75, 3.05) is 13.2 Å². The Hall–Kier alpha value is -4.39. The average molecular weight is 471 g/mol. The monoisotopic (exact) mass is 470 g/mol. The molecule has 7 heteroatoms. The first-order valence-electron chi connectivity index (χ1n) is 11.3. The van der Waals surface area contributed by atoms with Crippen LogP contribution < -0.4 is 9.47 Å². The summed E-state index contributed by atoms with van der Waals surface area (Å²) in [7, 11) is 0. The molecule has 35 heavy (non-hydrogen) atoms. The molecular weight excluding hydrogens is 444 g/mol. The molecule has 1 unspecified atom stereocenters. The number of hydrogen-bond donors (Lipinski definition) is 1. The summed E-state index contributed by atoms with van der Waals surface area (Å²) < 4.78 is 11.1. The van der Waals surface area contributed by atoms with Gasteiger partial charge in [-0.25, -0.2) is 0 Å². The van der Waals surface area contributed by atoms with Crippen LogP contribution in [0, 0.1) is 0 Å². The Balaban J connectivity index is 1.81. The van der Waals surface area contributed by atoms with E-state index in [2.05, 4.69) is 11.6 Å². The predicted molar refractivity (Wildman–Crippen MR) is 132 cm³/mol. The van der Waals surface area contributed by atoms with E-state index in [1.807, 2.05) is 13.0 Å². The summed E-state index contributed by atoms with van der Waals surface area (Å²) in [5.41, 5.74) is 1.85. The SMILES string of the molecule is C=CCOc1ccc(C2C(=C(O)c3cccc(OCC)c3)C(=O)C(=O)N2Cc2cccnc2)cc1. The molecule has 1 aliphatic heterocycles. The van der Waals surface area contributed by atoms with Gasteiger partial charge in [-0.3, -0.25) is 14.6 Å². The number of carbonyl (C=O) groups excluding carboxylic acids is 2. The van der Waals surface area contributed by atoms with Crippen LogP contribution in [-0.4, -0.2) is 39.9 Å². The Kier molecular flexibility index (Phi) is 7.26. The van der Waals surface area contributed by atoms with E-state index >= 15 is 0 Å². The van der Waals surface area contributed by atoms with Gasteiger partial charge < -0.3 is 19.5 Å². The lowest BCUT2D eigenvalue weighted by Crippen LogP contribution is -2.29. The van der Waals surface area contributed by atoms with Crippen molar-refractivity contribution in [3.05, 3.63) is 108 Å². The van der Waals surface area contributed by atoms with Crippen molar-refractivity contribution >= 4 is 17.4 Å². The van der Waals surface area contributed by atoms with Gasteiger partial charge in [-0.2, -0.15) is 0 Å². The topological polar surface area (TPSA) is 89.0 Å². The fourth-order valence-electron chi connectivity index (χ4n) is 4.03. The van der Waals surface area contributed by atoms with E-state index in [1.165, 1.54) is 4.90 Å². The molecule has 2 heterocycles. The summed E-state index contributed by atoms with van der Waals surface area (Å²) in [5, 5.41) is 11.3. The van der Waals surface area contributed by atoms with E-state index in [9.17, 15) is 14.7 Å². The highest BCUT2D eigenvalue weighted by Gasteiger charge is 2.46. The molecule has 1 N–H and O–H groups in total. The van der Waals surface area contributed by atoms with Crippen molar-refractivity contribution < 1.29 is 24.2 Å². The Bertz CT molecular complexity index is 1250. The number of carbonyl (C=O) groups is 2. The van der Waals surface area contributed by atoms with E-state index in [-0.39, 0.29) is 17.9 Å². The minimum atomic E-state index is -0.792. The molecule has 2 aromatic carbocycles. The summed E-state index contributed by atoms with van der Waals surface area (Å²) in [6, 6.07) is 16.7. The van der Waals surface area contributed by atoms with Crippen LogP contribution in [0.25, 0.3) is 5.76 Å². The Morgan fingerprint density at radius 1 is 1.09 bits per heavy atom. The molecule has 1 amide bonds. The maximum absolute atomic E-state index is 13.2. The largest absolute Gasteiger partial charge is 0.507 e. The number of rotatable bonds is 9. The van der Waals surface area contributed by atoms with Gasteiger partial charge in [0.1, 0.15) is 23.9 Å². The fourth-order valence-corrected chi connectivity index (χ4v) is 4.03. The highest BCUT2D eigenvalue weighted by molar-refractivity contribution is 6.46. The van der Waals surface area contributed by atoms with Crippen LogP contribution in [0.4, 0.5) is 0 Å². The minimum Gasteiger partial charge on any atom is -0.507 e. The van der Waals surface area contributed by atoms with E-state index in [0.717, 1.165) is 5.56 Å². The summed E-state index contributed by atoms with van der Waals surface area (Å²) in [6.45, 7) is 6.48. The van der Waals surface area contributed by atoms with Crippen molar-refractivity contribution in [1.82, 2.24) is 9.88 Å². The van der Waals surface area contributed by atoms with Gasteiger partial charge in [0.05, 0.1) is 18.2 Å². The predicted octanol–water partition coefficient (Wildman–Crippen LogP) is 4.67. The zero-order valence-corrected chi connectivity index (χ0v) is 19.4. The van der Waals surface area contributed by atoms with Crippen molar-refractivity contribution in [2.45, 2.75) is 19.5 Å². The number of aliphatic hydroxyl groups is 1. The zero-order chi connectivity index (χ0) is 24.8. The Labute approximate surface area is 203 Å². The molecule has 0 aliphatic carbocycles. The van der Waals surface area contributed by atoms with Gasteiger partial charge in [0.2, 0.25) is 0 Å². The van der Waals surface area contributed by atoms with E-state index in [1.54, 1.807) is 73.1 Å². The van der Waals surface area contributed by atoms with Gasteiger partial charge in [-0.15, -0.1) is 0 Å². The number of aliphatic hydroxyl groups excluding tert-OH is 1. The van der Waals surface area contributed by atoms with Gasteiger partial charge >= 0.3 is 0 Å². The van der Waals surface area contributed by atoms with Crippen LogP contribution in [0.2, 0.25) is 0 Å². The number of likely N-dealkylation sites (tertiary alicyclic amines) is 1. The smallest absolute Gasteiger partial charge is 0.295 e. The lowest BCUT2D eigenvalue weighted by atomic mass is 9.95. The molecule has 0 bridgehead atoms. The number of aromatic nitrogens is 1. The molecule has 1 fully saturated rings. The second-order valence-corrected chi connectivity index (χ2v) is 7.92. The van der Waals surface area contributed by atoms with Gasteiger partial charge in [0.15, 0.2) is 0 Å². The van der Waals surface area contributed by atoms with Crippen LogP contribution >= 0.6 is 0 Å². The molecule has 7 nitrogen and oxygen atoms in total. The number of pyridine rings is 1. The molecule has 3 aromatic rings. The second-order valence-electron chi connectivity index (χ2n) is 7.92. The van der Waals surface area contributed by atoms with Crippen molar-refractivity contribution in [3.63, 3.8) is 0 Å². The summed E-state index contributed by atoms with van der Waals surface area (Å²) in [6.07, 6.45) is 4.93. The van der Waals surface area contributed by atoms with Crippen molar-refractivity contribution in [2.24, 2.45) is 0 Å². The third-order valence-corrected chi connectivity index (χ3v) is 5.60. The van der Waals surface area contributed by atoms with Crippen LogP contribution in [-0.2, 0) is 16.1 Å². The van der Waals surface area contributed by atoms with Gasteiger partial charge in [-0.1, -0.05) is 43.0 Å². The van der Waals surface area contributed by atoms with Crippen LogP contribution in [0.3, 0.4) is 0 Å². The molecule has 178 valence electrons. The number of amides is 1. The quantitative estimate of drug-likeness (QED) is 0.212. The standard InChI is InChI=1S/C28H26N2O5/c1-3-15-35-22-12-10-20(11-13-22)25-24(26(31)21-8-5-9-23(16-21)34-4-2)27(32)28(33)30(25)18-19-7-6-14-29-17-19/h3,5-14,16-17,25,31H,1,4,15,18H2,2H3. The highest BCUT2D eigenvalue weighted by Crippen LogP contribution is 2.41. The normalized spacial score (nSPS) is 16.8. The first kappa shape index (κ1) is 23.8. The third-order valence-electron chi connectivity index (χ3n) is 5.60. The highest BCUT2D eigenvalue weighted by atomic mass is 16.5. The number of nitrogens with zero attached hydrogens (tertiary/aromatic N) is 2. The zero-order valence-electron chi connectivity index (χ0n) is 19.4. The number of Topliss-reactive ketones (excluding diaryl/α,β-unsaturated/α-hetero) is 1. The van der Waals surface area contributed by atoms with E-state index in [0.29, 0.717) is 35.8 Å². The number of hydrogen-bond acceptors (Lipinski definition) is 6. The van der Waals surface area contributed by atoms with Gasteiger partial charge in [0, 0.05) is 24.5 Å². The maximum atomic E-state index is 13.2. The van der Waals surface area contributed by atoms with Crippen molar-refractivity contribution in [1.29, 1.82) is 0 Å². The molecule has 1 atom stereocenters. The number of ether oxygens (including phenoxy) is 2. The summed E-state index contributed by atoms with van der Waals surface area (Å²) in [5.74, 6) is -0.502. The Morgan fingerprint density at radius 2 is 1.89 bits per heavy atom.